The maximum atomic E-state index is 12.5. The Bertz CT molecular complexity index is 1050. The van der Waals surface area contributed by atoms with E-state index in [-0.39, 0.29) is 19.1 Å². The Hall–Kier alpha value is -2.71. The predicted molar refractivity (Wildman–Crippen MR) is 110 cm³/mol. The fourth-order valence-electron chi connectivity index (χ4n) is 2.90. The van der Waals surface area contributed by atoms with Gasteiger partial charge in [0.2, 0.25) is 12.7 Å². The summed E-state index contributed by atoms with van der Waals surface area (Å²) in [6.07, 6.45) is 1.82. The van der Waals surface area contributed by atoms with Gasteiger partial charge in [-0.3, -0.25) is 9.00 Å². The van der Waals surface area contributed by atoms with Crippen LogP contribution in [-0.2, 0) is 27.8 Å². The van der Waals surface area contributed by atoms with Crippen LogP contribution in [0.15, 0.2) is 47.8 Å². The first-order valence-corrected chi connectivity index (χ1v) is 11.2. The number of nitrogens with zero attached hydrogens (tertiary/aromatic N) is 1. The van der Waals surface area contributed by atoms with E-state index in [1.807, 2.05) is 47.8 Å². The number of rotatable bonds is 6. The summed E-state index contributed by atoms with van der Waals surface area (Å²) in [5.41, 5.74) is 3.17. The number of anilines is 1. The molecule has 1 atom stereocenters. The van der Waals surface area contributed by atoms with Crippen LogP contribution in [0.5, 0.6) is 11.5 Å². The third-order valence-electron chi connectivity index (χ3n) is 4.16. The SMILES string of the molecule is CS(=O)Cc1ccccc1NC(=O)Cc1csc(-c2ccc3c(c2)OCO3)n1. The summed E-state index contributed by atoms with van der Waals surface area (Å²) in [6, 6.07) is 13.1. The Labute approximate surface area is 169 Å². The molecule has 1 aliphatic heterocycles. The summed E-state index contributed by atoms with van der Waals surface area (Å²) in [5.74, 6) is 1.68. The summed E-state index contributed by atoms with van der Waals surface area (Å²) >= 11 is 1.48. The van der Waals surface area contributed by atoms with Crippen molar-refractivity contribution in [3.05, 3.63) is 59.1 Å². The molecule has 0 saturated carbocycles. The molecule has 1 unspecified atom stereocenters. The molecule has 4 rings (SSSR count). The Morgan fingerprint density at radius 1 is 1.21 bits per heavy atom. The van der Waals surface area contributed by atoms with E-state index in [4.69, 9.17) is 9.47 Å². The molecule has 0 fully saturated rings. The normalized spacial score (nSPS) is 13.3. The number of ether oxygens (including phenoxy) is 2. The van der Waals surface area contributed by atoms with E-state index >= 15 is 0 Å². The third kappa shape index (κ3) is 4.23. The van der Waals surface area contributed by atoms with Crippen LogP contribution < -0.4 is 14.8 Å². The molecule has 1 aromatic heterocycles. The van der Waals surface area contributed by atoms with Crippen LogP contribution in [0.4, 0.5) is 5.69 Å². The molecule has 6 nitrogen and oxygen atoms in total. The maximum absolute atomic E-state index is 12.5. The summed E-state index contributed by atoms with van der Waals surface area (Å²) in [6.45, 7) is 0.231. The zero-order chi connectivity index (χ0) is 19.5. The average Bonchev–Trinajstić information content (AvgIpc) is 3.31. The van der Waals surface area contributed by atoms with E-state index in [2.05, 4.69) is 10.3 Å². The van der Waals surface area contributed by atoms with E-state index in [9.17, 15) is 9.00 Å². The van der Waals surface area contributed by atoms with Crippen molar-refractivity contribution in [2.45, 2.75) is 12.2 Å². The molecular formula is C20H18N2O4S2. The first-order chi connectivity index (χ1) is 13.6. The van der Waals surface area contributed by atoms with Crippen molar-refractivity contribution >= 4 is 33.7 Å². The number of hydrogen-bond acceptors (Lipinski definition) is 6. The van der Waals surface area contributed by atoms with Gasteiger partial charge in [-0.25, -0.2) is 4.98 Å². The molecule has 28 heavy (non-hydrogen) atoms. The Kier molecular flexibility index (Phi) is 5.40. The van der Waals surface area contributed by atoms with Crippen LogP contribution in [0.3, 0.4) is 0 Å². The number of carbonyl (C=O) groups is 1. The minimum absolute atomic E-state index is 0.156. The number of nitrogens with one attached hydrogen (secondary N) is 1. The summed E-state index contributed by atoms with van der Waals surface area (Å²) in [7, 11) is -0.979. The smallest absolute Gasteiger partial charge is 0.231 e. The van der Waals surface area contributed by atoms with Gasteiger partial charge in [0, 0.05) is 33.7 Å². The number of carbonyl (C=O) groups excluding carboxylic acids is 1. The average molecular weight is 415 g/mol. The van der Waals surface area contributed by atoms with Gasteiger partial charge < -0.3 is 14.8 Å². The zero-order valence-corrected chi connectivity index (χ0v) is 16.8. The van der Waals surface area contributed by atoms with Crippen molar-refractivity contribution in [2.24, 2.45) is 0 Å². The second-order valence-corrected chi connectivity index (χ2v) is 8.60. The standard InChI is InChI=1S/C20H18N2O4S2/c1-28(24)11-14-4-2-3-5-16(14)22-19(23)9-15-10-27-20(21-15)13-6-7-17-18(8-13)26-12-25-17/h2-8,10H,9,11-12H2,1H3,(H,22,23). The van der Waals surface area contributed by atoms with Gasteiger partial charge in [-0.05, 0) is 29.8 Å². The lowest BCUT2D eigenvalue weighted by atomic mass is 10.2. The number of amides is 1. The third-order valence-corrected chi connectivity index (χ3v) is 5.82. The van der Waals surface area contributed by atoms with Gasteiger partial charge in [-0.15, -0.1) is 11.3 Å². The van der Waals surface area contributed by atoms with Crippen LogP contribution in [0, 0.1) is 0 Å². The molecule has 1 N–H and O–H groups in total. The first-order valence-electron chi connectivity index (χ1n) is 8.61. The van der Waals surface area contributed by atoms with Crippen molar-refractivity contribution < 1.29 is 18.5 Å². The predicted octanol–water partition coefficient (Wildman–Crippen LogP) is 3.60. The van der Waals surface area contributed by atoms with Crippen molar-refractivity contribution in [2.75, 3.05) is 18.4 Å². The molecule has 0 radical (unpaired) electrons. The van der Waals surface area contributed by atoms with Gasteiger partial charge in [0.15, 0.2) is 11.5 Å². The van der Waals surface area contributed by atoms with Crippen LogP contribution >= 0.6 is 11.3 Å². The van der Waals surface area contributed by atoms with Gasteiger partial charge in [-0.1, -0.05) is 18.2 Å². The minimum atomic E-state index is -0.979. The minimum Gasteiger partial charge on any atom is -0.454 e. The number of para-hydroxylation sites is 1. The zero-order valence-electron chi connectivity index (χ0n) is 15.1. The summed E-state index contributed by atoms with van der Waals surface area (Å²) in [5, 5.41) is 5.61. The molecule has 8 heteroatoms. The van der Waals surface area contributed by atoms with E-state index in [0.29, 0.717) is 22.9 Å². The van der Waals surface area contributed by atoms with Crippen LogP contribution in [0.1, 0.15) is 11.3 Å². The van der Waals surface area contributed by atoms with Gasteiger partial charge in [0.1, 0.15) is 5.01 Å². The van der Waals surface area contributed by atoms with E-state index in [1.54, 1.807) is 6.26 Å². The van der Waals surface area contributed by atoms with Crippen LogP contribution in [0.25, 0.3) is 10.6 Å². The lowest BCUT2D eigenvalue weighted by molar-refractivity contribution is -0.115. The highest BCUT2D eigenvalue weighted by molar-refractivity contribution is 7.83. The second kappa shape index (κ2) is 8.12. The van der Waals surface area contributed by atoms with E-state index < -0.39 is 10.8 Å². The molecule has 0 saturated heterocycles. The lowest BCUT2D eigenvalue weighted by Crippen LogP contribution is -2.16. The molecule has 0 bridgehead atoms. The van der Waals surface area contributed by atoms with Crippen molar-refractivity contribution in [3.63, 3.8) is 0 Å². The highest BCUT2D eigenvalue weighted by atomic mass is 32.2. The molecule has 144 valence electrons. The molecule has 2 heterocycles. The van der Waals surface area contributed by atoms with Crippen LogP contribution in [0.2, 0.25) is 0 Å². The van der Waals surface area contributed by atoms with Gasteiger partial charge in [0.25, 0.3) is 0 Å². The van der Waals surface area contributed by atoms with Crippen molar-refractivity contribution in [1.29, 1.82) is 0 Å². The Morgan fingerprint density at radius 3 is 2.89 bits per heavy atom. The molecule has 0 aliphatic carbocycles. The Morgan fingerprint density at radius 2 is 2.04 bits per heavy atom. The second-order valence-electron chi connectivity index (χ2n) is 6.31. The molecule has 2 aromatic carbocycles. The molecular weight excluding hydrogens is 396 g/mol. The molecule has 1 amide bonds. The topological polar surface area (TPSA) is 77.5 Å². The summed E-state index contributed by atoms with van der Waals surface area (Å²) < 4.78 is 22.3. The number of benzene rings is 2. The number of hydrogen-bond donors (Lipinski definition) is 1. The molecule has 3 aromatic rings. The number of thiazole rings is 1. The summed E-state index contributed by atoms with van der Waals surface area (Å²) in [4.78, 5) is 17.0. The van der Waals surface area contributed by atoms with Gasteiger partial charge in [-0.2, -0.15) is 0 Å². The number of aromatic nitrogens is 1. The van der Waals surface area contributed by atoms with Crippen molar-refractivity contribution in [1.82, 2.24) is 4.98 Å². The van der Waals surface area contributed by atoms with Gasteiger partial charge in [0.05, 0.1) is 17.9 Å². The highest BCUT2D eigenvalue weighted by Gasteiger charge is 2.16. The van der Waals surface area contributed by atoms with Crippen LogP contribution in [-0.4, -0.2) is 28.1 Å². The van der Waals surface area contributed by atoms with E-state index in [0.717, 1.165) is 21.9 Å². The monoisotopic (exact) mass is 414 g/mol. The van der Waals surface area contributed by atoms with Gasteiger partial charge >= 0.3 is 0 Å². The first kappa shape index (κ1) is 18.6. The highest BCUT2D eigenvalue weighted by Crippen LogP contribution is 2.36. The maximum Gasteiger partial charge on any atom is 0.231 e. The molecule has 0 spiro atoms. The fourth-order valence-corrected chi connectivity index (χ4v) is 4.40. The largest absolute Gasteiger partial charge is 0.454 e. The lowest BCUT2D eigenvalue weighted by Gasteiger charge is -2.09. The Balaban J connectivity index is 1.44. The van der Waals surface area contributed by atoms with Crippen molar-refractivity contribution in [3.8, 4) is 22.1 Å². The number of fused-ring (bicyclic) bond motifs is 1. The molecule has 1 aliphatic rings. The van der Waals surface area contributed by atoms with E-state index in [1.165, 1.54) is 11.3 Å². The quantitative estimate of drug-likeness (QED) is 0.667. The fraction of sp³-hybridized carbons (Fsp3) is 0.200.